The number of benzene rings is 1. The smallest absolute Gasteiger partial charge is 0.159 e. The van der Waals surface area contributed by atoms with Crippen molar-refractivity contribution in [1.82, 2.24) is 0 Å². The van der Waals surface area contributed by atoms with E-state index in [1.54, 1.807) is 19.3 Å². The summed E-state index contributed by atoms with van der Waals surface area (Å²) < 4.78 is 5.28. The van der Waals surface area contributed by atoms with Gasteiger partial charge in [-0.25, -0.2) is 0 Å². The van der Waals surface area contributed by atoms with Crippen molar-refractivity contribution in [2.75, 3.05) is 7.11 Å². The van der Waals surface area contributed by atoms with Crippen LogP contribution < -0.4 is 4.74 Å². The molecule has 4 heteroatoms. The number of hydrogen-bond donors (Lipinski definition) is 2. The maximum Gasteiger partial charge on any atom is 0.159 e. The first-order chi connectivity index (χ1) is 15.0. The van der Waals surface area contributed by atoms with Gasteiger partial charge in [-0.2, -0.15) is 0 Å². The molecule has 4 nitrogen and oxygen atoms in total. The van der Waals surface area contributed by atoms with Crippen molar-refractivity contribution in [2.24, 2.45) is 5.92 Å². The largest absolute Gasteiger partial charge is 0.507 e. The number of ketones is 1. The lowest BCUT2D eigenvalue weighted by molar-refractivity contribution is -0.114. The molecule has 0 saturated carbocycles. The Balaban J connectivity index is 2.52. The number of phenolic OH excluding ortho intramolecular Hbond substituents is 1. The third-order valence-corrected chi connectivity index (χ3v) is 5.77. The van der Waals surface area contributed by atoms with Crippen molar-refractivity contribution >= 4 is 5.78 Å². The second kappa shape index (κ2) is 13.9. The standard InChI is InChI=1S/C28H42O4/c1-19(2)11-14-27(30)22(5)10-8-9-20(3)15-25(29)16-21(4)12-13-24-18-26(32-7)17-23(6)28(24)31/h11-12,15,17-18,22,27,30-31H,8-10,13-14,16H2,1-7H3/b20-15-,21-12+/t22-,27+/m1/s1. The van der Waals surface area contributed by atoms with Gasteiger partial charge in [0.15, 0.2) is 5.78 Å². The number of carbonyl (C=O) groups excluding carboxylic acids is 1. The minimum atomic E-state index is -0.309. The summed E-state index contributed by atoms with van der Waals surface area (Å²) in [5.74, 6) is 1.33. The molecule has 0 saturated heterocycles. The summed E-state index contributed by atoms with van der Waals surface area (Å²) in [6, 6.07) is 3.63. The zero-order valence-electron chi connectivity index (χ0n) is 21.0. The van der Waals surface area contributed by atoms with Crippen LogP contribution in [0.5, 0.6) is 11.5 Å². The molecule has 0 fully saturated rings. The van der Waals surface area contributed by atoms with Gasteiger partial charge in [0.05, 0.1) is 13.2 Å². The molecule has 178 valence electrons. The molecule has 0 bridgehead atoms. The Morgan fingerprint density at radius 1 is 1.12 bits per heavy atom. The summed E-state index contributed by atoms with van der Waals surface area (Å²) in [4.78, 5) is 12.4. The van der Waals surface area contributed by atoms with Crippen LogP contribution in [0.4, 0.5) is 0 Å². The van der Waals surface area contributed by atoms with Gasteiger partial charge in [-0.3, -0.25) is 4.79 Å². The van der Waals surface area contributed by atoms with Gasteiger partial charge in [0.2, 0.25) is 0 Å². The average Bonchev–Trinajstić information content (AvgIpc) is 2.72. The third kappa shape index (κ3) is 10.3. The quantitative estimate of drug-likeness (QED) is 0.266. The number of hydrogen-bond acceptors (Lipinski definition) is 4. The van der Waals surface area contributed by atoms with Crippen molar-refractivity contribution in [2.45, 2.75) is 86.2 Å². The second-order valence-electron chi connectivity index (χ2n) is 9.29. The first kappa shape index (κ1) is 27.7. The van der Waals surface area contributed by atoms with E-state index in [9.17, 15) is 15.0 Å². The van der Waals surface area contributed by atoms with Crippen molar-refractivity contribution in [3.8, 4) is 11.5 Å². The van der Waals surface area contributed by atoms with E-state index in [1.807, 2.05) is 46.8 Å². The molecule has 0 radical (unpaired) electrons. The third-order valence-electron chi connectivity index (χ3n) is 5.77. The summed E-state index contributed by atoms with van der Waals surface area (Å²) in [5.41, 5.74) is 4.86. The molecule has 0 aliphatic carbocycles. The number of aromatic hydroxyl groups is 1. The zero-order valence-corrected chi connectivity index (χ0v) is 21.0. The molecule has 2 atom stereocenters. The summed E-state index contributed by atoms with van der Waals surface area (Å²) in [7, 11) is 1.61. The summed E-state index contributed by atoms with van der Waals surface area (Å²) in [5, 5.41) is 20.5. The van der Waals surface area contributed by atoms with E-state index in [1.165, 1.54) is 5.57 Å². The molecule has 0 amide bonds. The molecule has 2 N–H and O–H groups in total. The number of carbonyl (C=O) groups is 1. The summed E-state index contributed by atoms with van der Waals surface area (Å²) in [6.45, 7) is 12.0. The van der Waals surface area contributed by atoms with Gasteiger partial charge in [-0.15, -0.1) is 0 Å². The van der Waals surface area contributed by atoms with Crippen molar-refractivity contribution in [3.05, 3.63) is 58.2 Å². The fourth-order valence-electron chi connectivity index (χ4n) is 3.60. The number of aliphatic hydroxyl groups excluding tert-OH is 1. The second-order valence-corrected chi connectivity index (χ2v) is 9.29. The van der Waals surface area contributed by atoms with Crippen LogP contribution in [0.1, 0.15) is 77.8 Å². The molecule has 0 heterocycles. The van der Waals surface area contributed by atoms with Crippen LogP contribution in [0.2, 0.25) is 0 Å². The minimum Gasteiger partial charge on any atom is -0.507 e. The van der Waals surface area contributed by atoms with Crippen molar-refractivity contribution in [3.63, 3.8) is 0 Å². The van der Waals surface area contributed by atoms with E-state index in [4.69, 9.17) is 4.74 Å². The van der Waals surface area contributed by atoms with Crippen molar-refractivity contribution in [1.29, 1.82) is 0 Å². The van der Waals surface area contributed by atoms with Crippen LogP contribution in [-0.2, 0) is 11.2 Å². The molecule has 0 aromatic heterocycles. The van der Waals surface area contributed by atoms with Gasteiger partial charge in [0.1, 0.15) is 11.5 Å². The molecule has 1 aromatic carbocycles. The highest BCUT2D eigenvalue weighted by atomic mass is 16.5. The Kier molecular flexibility index (Phi) is 12.1. The first-order valence-electron chi connectivity index (χ1n) is 11.6. The predicted molar refractivity (Wildman–Crippen MR) is 133 cm³/mol. The van der Waals surface area contributed by atoms with E-state index < -0.39 is 0 Å². The lowest BCUT2D eigenvalue weighted by atomic mass is 9.94. The van der Waals surface area contributed by atoms with Crippen LogP contribution in [0, 0.1) is 12.8 Å². The van der Waals surface area contributed by atoms with Crippen LogP contribution in [0.25, 0.3) is 0 Å². The molecule has 32 heavy (non-hydrogen) atoms. The Morgan fingerprint density at radius 2 is 1.81 bits per heavy atom. The lowest BCUT2D eigenvalue weighted by Gasteiger charge is -2.17. The summed E-state index contributed by atoms with van der Waals surface area (Å²) in [6.07, 6.45) is 9.91. The zero-order chi connectivity index (χ0) is 24.3. The molecular formula is C28H42O4. The van der Waals surface area contributed by atoms with Crippen LogP contribution >= 0.6 is 0 Å². The Labute approximate surface area is 194 Å². The van der Waals surface area contributed by atoms with Gasteiger partial charge < -0.3 is 14.9 Å². The van der Waals surface area contributed by atoms with E-state index >= 15 is 0 Å². The fraction of sp³-hybridized carbons (Fsp3) is 0.536. The number of aliphatic hydroxyl groups is 1. The van der Waals surface area contributed by atoms with E-state index in [0.717, 1.165) is 47.3 Å². The normalized spacial score (nSPS) is 14.1. The fourth-order valence-corrected chi connectivity index (χ4v) is 3.60. The van der Waals surface area contributed by atoms with Crippen LogP contribution in [-0.4, -0.2) is 29.2 Å². The number of phenols is 1. The lowest BCUT2D eigenvalue weighted by Crippen LogP contribution is -2.16. The number of allylic oxidation sites excluding steroid dienone is 5. The summed E-state index contributed by atoms with van der Waals surface area (Å²) >= 11 is 0. The molecule has 0 aliphatic heterocycles. The van der Waals surface area contributed by atoms with Crippen molar-refractivity contribution < 1.29 is 19.7 Å². The predicted octanol–water partition coefficient (Wildman–Crippen LogP) is 6.63. The van der Waals surface area contributed by atoms with Crippen LogP contribution in [0.3, 0.4) is 0 Å². The van der Waals surface area contributed by atoms with Crippen LogP contribution in [0.15, 0.2) is 47.1 Å². The number of ether oxygens (including phenoxy) is 1. The monoisotopic (exact) mass is 442 g/mol. The molecule has 0 spiro atoms. The molecular weight excluding hydrogens is 400 g/mol. The minimum absolute atomic E-state index is 0.0962. The van der Waals surface area contributed by atoms with E-state index in [-0.39, 0.29) is 23.6 Å². The van der Waals surface area contributed by atoms with Gasteiger partial charge in [0.25, 0.3) is 0 Å². The maximum absolute atomic E-state index is 12.4. The van der Waals surface area contributed by atoms with E-state index in [2.05, 4.69) is 13.0 Å². The Hall–Kier alpha value is -2.33. The highest BCUT2D eigenvalue weighted by Gasteiger charge is 2.13. The van der Waals surface area contributed by atoms with Gasteiger partial charge >= 0.3 is 0 Å². The number of aryl methyl sites for hydroxylation is 1. The Morgan fingerprint density at radius 3 is 2.44 bits per heavy atom. The topological polar surface area (TPSA) is 66.8 Å². The number of methoxy groups -OCH3 is 1. The van der Waals surface area contributed by atoms with Gasteiger partial charge in [-0.1, -0.05) is 35.8 Å². The molecule has 0 unspecified atom stereocenters. The highest BCUT2D eigenvalue weighted by molar-refractivity contribution is 5.91. The molecule has 1 rings (SSSR count). The number of rotatable bonds is 13. The average molecular weight is 443 g/mol. The first-order valence-corrected chi connectivity index (χ1v) is 11.6. The maximum atomic E-state index is 12.4. The molecule has 1 aromatic rings. The SMILES string of the molecule is COc1cc(C)c(O)c(C/C=C(\C)CC(=O)/C=C(/C)CCC[C@@H](C)[C@@H](O)CC=C(C)C)c1. The van der Waals surface area contributed by atoms with Gasteiger partial charge in [-0.05, 0) is 96.4 Å². The molecule has 0 aliphatic rings. The van der Waals surface area contributed by atoms with Gasteiger partial charge in [0, 0.05) is 12.0 Å². The van der Waals surface area contributed by atoms with E-state index in [0.29, 0.717) is 19.3 Å². The highest BCUT2D eigenvalue weighted by Crippen LogP contribution is 2.28. The Bertz CT molecular complexity index is 841.